The predicted octanol–water partition coefficient (Wildman–Crippen LogP) is 5.68. The highest BCUT2D eigenvalue weighted by molar-refractivity contribution is 6.13. The molecule has 176 valence electrons. The Balaban J connectivity index is 1.25. The number of pyridine rings is 1. The number of fused-ring (bicyclic) bond motifs is 2. The first-order valence-electron chi connectivity index (χ1n) is 12.3. The number of halogens is 2. The van der Waals surface area contributed by atoms with Gasteiger partial charge in [-0.25, -0.2) is 13.8 Å². The third kappa shape index (κ3) is 3.49. The normalized spacial score (nSPS) is 22.0. The number of aliphatic imine (C=N–C) groups is 2. The van der Waals surface area contributed by atoms with Crippen LogP contribution in [0.2, 0.25) is 0 Å². The molecule has 7 heteroatoms. The summed E-state index contributed by atoms with van der Waals surface area (Å²) in [5.41, 5.74) is 3.99. The minimum absolute atomic E-state index is 0.196. The van der Waals surface area contributed by atoms with Crippen molar-refractivity contribution in [1.29, 1.82) is 0 Å². The molecule has 0 atom stereocenters. The van der Waals surface area contributed by atoms with E-state index in [1.807, 2.05) is 25.3 Å². The fraction of sp³-hybridized carbons (Fsp3) is 0.444. The topological polar surface area (TPSA) is 52.9 Å². The summed E-state index contributed by atoms with van der Waals surface area (Å²) in [6.45, 7) is 4.28. The number of allylic oxidation sites excluding steroid dienone is 1. The summed E-state index contributed by atoms with van der Waals surface area (Å²) >= 11 is 0. The van der Waals surface area contributed by atoms with Crippen molar-refractivity contribution in [2.75, 3.05) is 24.7 Å². The zero-order valence-electron chi connectivity index (χ0n) is 19.5. The van der Waals surface area contributed by atoms with Gasteiger partial charge in [-0.2, -0.15) is 0 Å². The Labute approximate surface area is 198 Å². The Hall–Kier alpha value is -2.93. The van der Waals surface area contributed by atoms with Gasteiger partial charge in [0.15, 0.2) is 5.83 Å². The molecule has 1 aliphatic carbocycles. The number of rotatable bonds is 3. The number of hydrogen-bond donors (Lipinski definition) is 1. The second-order valence-electron chi connectivity index (χ2n) is 9.91. The first-order valence-corrected chi connectivity index (χ1v) is 12.3. The van der Waals surface area contributed by atoms with Crippen molar-refractivity contribution in [2.24, 2.45) is 9.98 Å². The zero-order valence-corrected chi connectivity index (χ0v) is 19.5. The predicted molar refractivity (Wildman–Crippen MR) is 131 cm³/mol. The maximum atomic E-state index is 15.3. The Morgan fingerprint density at radius 2 is 1.88 bits per heavy atom. The van der Waals surface area contributed by atoms with Crippen LogP contribution in [0.15, 0.2) is 52.5 Å². The van der Waals surface area contributed by atoms with Gasteiger partial charge in [0.1, 0.15) is 29.7 Å². The molecule has 4 aliphatic rings. The summed E-state index contributed by atoms with van der Waals surface area (Å²) < 4.78 is 30.3. The van der Waals surface area contributed by atoms with Crippen LogP contribution in [-0.4, -0.2) is 36.2 Å². The Bertz CT molecular complexity index is 1200. The number of benzene rings is 1. The largest absolute Gasteiger partial charge is 0.317 e. The van der Waals surface area contributed by atoms with E-state index in [-0.39, 0.29) is 17.8 Å². The van der Waals surface area contributed by atoms with Gasteiger partial charge in [-0.15, -0.1) is 0 Å². The lowest BCUT2D eigenvalue weighted by Gasteiger charge is -2.26. The van der Waals surface area contributed by atoms with Crippen molar-refractivity contribution in [3.63, 3.8) is 0 Å². The molecular formula is C27H29F2N5. The number of nitrogens with zero attached hydrogens (tertiary/aromatic N) is 4. The summed E-state index contributed by atoms with van der Waals surface area (Å²) in [7, 11) is 0. The standard InChI is InChI=1S/C27H29F2N5/c1-17-27(8-2-3-9-27)21-12-20(13-22(28)26(21)33-17)25-23(29)15-34(16-32-25)24-5-4-19(14-31-24)18-6-10-30-11-7-18/h4-5,12-15,18,30H,2-3,6-11,16H2,1H3. The highest BCUT2D eigenvalue weighted by Gasteiger charge is 2.44. The van der Waals surface area contributed by atoms with Gasteiger partial charge in [-0.05, 0) is 80.9 Å². The van der Waals surface area contributed by atoms with Gasteiger partial charge >= 0.3 is 0 Å². The Morgan fingerprint density at radius 1 is 1.09 bits per heavy atom. The van der Waals surface area contributed by atoms with Crippen molar-refractivity contribution in [3.05, 3.63) is 65.0 Å². The SMILES string of the molecule is CC1=Nc2c(F)cc(C3=NCN(c4ccc(C5CCNCC5)cn4)C=C3F)cc2C12CCCC2. The molecule has 1 spiro atoms. The van der Waals surface area contributed by atoms with E-state index >= 15 is 8.78 Å². The minimum Gasteiger partial charge on any atom is -0.317 e. The summed E-state index contributed by atoms with van der Waals surface area (Å²) in [5, 5.41) is 3.38. The maximum Gasteiger partial charge on any atom is 0.165 e. The maximum absolute atomic E-state index is 15.3. The summed E-state index contributed by atoms with van der Waals surface area (Å²) in [5.74, 6) is 0.297. The van der Waals surface area contributed by atoms with Gasteiger partial charge in [0.2, 0.25) is 0 Å². The molecule has 6 rings (SSSR count). The van der Waals surface area contributed by atoms with E-state index in [1.54, 1.807) is 4.90 Å². The van der Waals surface area contributed by atoms with Gasteiger partial charge in [-0.1, -0.05) is 18.9 Å². The average Bonchev–Trinajstić information content (AvgIpc) is 3.47. The van der Waals surface area contributed by atoms with Gasteiger partial charge in [0.05, 0.1) is 0 Å². The molecule has 34 heavy (non-hydrogen) atoms. The van der Waals surface area contributed by atoms with Crippen molar-refractivity contribution in [3.8, 4) is 0 Å². The van der Waals surface area contributed by atoms with Crippen molar-refractivity contribution >= 4 is 22.9 Å². The summed E-state index contributed by atoms with van der Waals surface area (Å²) in [6.07, 6.45) is 9.68. The first-order chi connectivity index (χ1) is 16.5. The number of piperidine rings is 1. The van der Waals surface area contributed by atoms with Crippen LogP contribution in [0.3, 0.4) is 0 Å². The third-order valence-corrected chi connectivity index (χ3v) is 8.03. The Kier molecular flexibility index (Phi) is 5.32. The van der Waals surface area contributed by atoms with Crippen molar-refractivity contribution < 1.29 is 8.78 Å². The van der Waals surface area contributed by atoms with Crippen LogP contribution in [-0.2, 0) is 5.41 Å². The smallest absolute Gasteiger partial charge is 0.165 e. The van der Waals surface area contributed by atoms with Crippen LogP contribution >= 0.6 is 0 Å². The second-order valence-corrected chi connectivity index (χ2v) is 9.91. The molecule has 1 saturated heterocycles. The highest BCUT2D eigenvalue weighted by atomic mass is 19.1. The molecular weight excluding hydrogens is 432 g/mol. The fourth-order valence-electron chi connectivity index (χ4n) is 6.09. The van der Waals surface area contributed by atoms with Gasteiger partial charge in [0, 0.05) is 29.1 Å². The van der Waals surface area contributed by atoms with Crippen LogP contribution < -0.4 is 10.2 Å². The minimum atomic E-state index is -0.481. The molecule has 0 radical (unpaired) electrons. The third-order valence-electron chi connectivity index (χ3n) is 8.03. The van der Waals surface area contributed by atoms with Gasteiger partial charge in [-0.3, -0.25) is 9.98 Å². The van der Waals surface area contributed by atoms with Crippen LogP contribution in [0, 0.1) is 5.82 Å². The quantitative estimate of drug-likeness (QED) is 0.640. The first kappa shape index (κ1) is 21.6. The van der Waals surface area contributed by atoms with E-state index in [0.29, 0.717) is 23.0 Å². The lowest BCUT2D eigenvalue weighted by molar-refractivity contribution is 0.459. The van der Waals surface area contributed by atoms with Crippen LogP contribution in [0.25, 0.3) is 0 Å². The van der Waals surface area contributed by atoms with Gasteiger partial charge in [0.25, 0.3) is 0 Å². The van der Waals surface area contributed by atoms with E-state index < -0.39 is 11.6 Å². The average molecular weight is 462 g/mol. The van der Waals surface area contributed by atoms with E-state index in [9.17, 15) is 0 Å². The Morgan fingerprint density at radius 3 is 2.59 bits per heavy atom. The highest BCUT2D eigenvalue weighted by Crippen LogP contribution is 2.51. The molecule has 1 aromatic heterocycles. The number of hydrogen-bond acceptors (Lipinski definition) is 5. The molecule has 1 aromatic carbocycles. The van der Waals surface area contributed by atoms with Crippen LogP contribution in [0.5, 0.6) is 0 Å². The summed E-state index contributed by atoms with van der Waals surface area (Å²) in [6, 6.07) is 7.30. The molecule has 0 bridgehead atoms. The lowest BCUT2D eigenvalue weighted by atomic mass is 9.76. The molecule has 2 fully saturated rings. The van der Waals surface area contributed by atoms with E-state index in [2.05, 4.69) is 26.4 Å². The molecule has 5 nitrogen and oxygen atoms in total. The number of anilines is 1. The molecule has 4 heterocycles. The van der Waals surface area contributed by atoms with Crippen molar-refractivity contribution in [2.45, 2.75) is 56.8 Å². The van der Waals surface area contributed by atoms with E-state index in [0.717, 1.165) is 62.9 Å². The molecule has 1 N–H and O–H groups in total. The number of aromatic nitrogens is 1. The van der Waals surface area contributed by atoms with Gasteiger partial charge < -0.3 is 10.2 Å². The molecule has 1 saturated carbocycles. The zero-order chi connectivity index (χ0) is 23.3. The molecule has 3 aliphatic heterocycles. The van der Waals surface area contributed by atoms with E-state index in [4.69, 9.17) is 0 Å². The van der Waals surface area contributed by atoms with Crippen molar-refractivity contribution in [1.82, 2.24) is 10.3 Å². The molecule has 2 aromatic rings. The fourth-order valence-corrected chi connectivity index (χ4v) is 6.09. The molecule has 0 unspecified atom stereocenters. The monoisotopic (exact) mass is 461 g/mol. The number of nitrogens with one attached hydrogen (secondary N) is 1. The lowest BCUT2D eigenvalue weighted by Crippen LogP contribution is -2.28. The second kappa shape index (κ2) is 8.38. The van der Waals surface area contributed by atoms with Crippen LogP contribution in [0.1, 0.15) is 68.1 Å². The van der Waals surface area contributed by atoms with E-state index in [1.165, 1.54) is 17.8 Å². The molecule has 0 amide bonds. The summed E-state index contributed by atoms with van der Waals surface area (Å²) in [4.78, 5) is 15.3. The van der Waals surface area contributed by atoms with Crippen LogP contribution in [0.4, 0.5) is 20.3 Å².